The molecule has 8 heteroatoms. The van der Waals surface area contributed by atoms with Gasteiger partial charge in [0.15, 0.2) is 0 Å². The number of anilines is 1. The first-order chi connectivity index (χ1) is 14.2. The predicted molar refractivity (Wildman–Crippen MR) is 121 cm³/mol. The third kappa shape index (κ3) is 4.99. The minimum Gasteiger partial charge on any atom is -0.398 e. The second-order valence-electron chi connectivity index (χ2n) is 6.86. The third-order valence-corrected chi connectivity index (χ3v) is 5.74. The highest BCUT2D eigenvalue weighted by molar-refractivity contribution is 7.89. The minimum absolute atomic E-state index is 0.0188. The third-order valence-electron chi connectivity index (χ3n) is 4.57. The highest BCUT2D eigenvalue weighted by atomic mass is 35.5. The number of nitrogens with two attached hydrogens (primary N) is 2. The van der Waals surface area contributed by atoms with Gasteiger partial charge in [0.2, 0.25) is 10.0 Å². The van der Waals surface area contributed by atoms with E-state index in [1.165, 1.54) is 12.1 Å². The van der Waals surface area contributed by atoms with E-state index in [2.05, 4.69) is 5.32 Å². The normalized spacial score (nSPS) is 11.3. The van der Waals surface area contributed by atoms with Crippen LogP contribution in [0.15, 0.2) is 65.6 Å². The van der Waals surface area contributed by atoms with Crippen LogP contribution in [0, 0.1) is 0 Å². The van der Waals surface area contributed by atoms with E-state index < -0.39 is 10.0 Å². The zero-order valence-corrected chi connectivity index (χ0v) is 17.9. The number of nitrogen functional groups attached to an aromatic ring is 1. The average molecular weight is 444 g/mol. The molecular formula is C22H22ClN3O3S. The van der Waals surface area contributed by atoms with Crippen LogP contribution < -0.4 is 16.2 Å². The first kappa shape index (κ1) is 21.8. The highest BCUT2D eigenvalue weighted by Crippen LogP contribution is 2.33. The van der Waals surface area contributed by atoms with E-state index in [4.69, 9.17) is 22.5 Å². The van der Waals surface area contributed by atoms with Crippen molar-refractivity contribution in [2.75, 3.05) is 12.3 Å². The van der Waals surface area contributed by atoms with Crippen molar-refractivity contribution in [1.82, 2.24) is 5.32 Å². The SMILES string of the molecule is CCCNC(=O)c1cc(-c2ccc(S(N)(=O)=O)cc2)cc(-c2ccc(Cl)cc2N)c1. The Morgan fingerprint density at radius 3 is 2.23 bits per heavy atom. The Labute approximate surface area is 180 Å². The van der Waals surface area contributed by atoms with E-state index in [1.54, 1.807) is 42.5 Å². The fourth-order valence-corrected chi connectivity index (χ4v) is 3.75. The summed E-state index contributed by atoms with van der Waals surface area (Å²) in [5.74, 6) is -0.200. The molecule has 3 aromatic rings. The van der Waals surface area contributed by atoms with Gasteiger partial charge in [0.25, 0.3) is 5.91 Å². The van der Waals surface area contributed by atoms with Gasteiger partial charge in [-0.25, -0.2) is 13.6 Å². The van der Waals surface area contributed by atoms with Gasteiger partial charge in [-0.2, -0.15) is 0 Å². The Balaban J connectivity index is 2.13. The highest BCUT2D eigenvalue weighted by Gasteiger charge is 2.14. The zero-order chi connectivity index (χ0) is 21.9. The molecule has 0 atom stereocenters. The maximum absolute atomic E-state index is 12.6. The van der Waals surface area contributed by atoms with Crippen LogP contribution in [0.25, 0.3) is 22.3 Å². The van der Waals surface area contributed by atoms with E-state index in [0.29, 0.717) is 22.8 Å². The lowest BCUT2D eigenvalue weighted by atomic mass is 9.95. The number of nitrogens with one attached hydrogen (secondary N) is 1. The molecule has 0 radical (unpaired) electrons. The molecule has 3 aromatic carbocycles. The molecule has 0 aromatic heterocycles. The number of amides is 1. The largest absolute Gasteiger partial charge is 0.398 e. The van der Waals surface area contributed by atoms with Crippen LogP contribution >= 0.6 is 11.6 Å². The molecule has 156 valence electrons. The smallest absolute Gasteiger partial charge is 0.251 e. The second-order valence-corrected chi connectivity index (χ2v) is 8.85. The quantitative estimate of drug-likeness (QED) is 0.498. The number of carbonyl (C=O) groups is 1. The van der Waals surface area contributed by atoms with E-state index in [1.807, 2.05) is 13.0 Å². The predicted octanol–water partition coefficient (Wildman–Crippen LogP) is 4.04. The number of carbonyl (C=O) groups excluding carboxylic acids is 1. The summed E-state index contributed by atoms with van der Waals surface area (Å²) >= 11 is 6.02. The molecule has 5 N–H and O–H groups in total. The summed E-state index contributed by atoms with van der Waals surface area (Å²) in [6, 6.07) is 16.8. The summed E-state index contributed by atoms with van der Waals surface area (Å²) in [5, 5.41) is 8.57. The summed E-state index contributed by atoms with van der Waals surface area (Å²) in [6.45, 7) is 2.54. The number of primary sulfonamides is 1. The van der Waals surface area contributed by atoms with Gasteiger partial charge in [-0.15, -0.1) is 0 Å². The van der Waals surface area contributed by atoms with Crippen LogP contribution in [0.5, 0.6) is 0 Å². The molecule has 0 aliphatic carbocycles. The van der Waals surface area contributed by atoms with Gasteiger partial charge in [0.1, 0.15) is 0 Å². The molecule has 0 bridgehead atoms. The summed E-state index contributed by atoms with van der Waals surface area (Å²) < 4.78 is 23.1. The average Bonchev–Trinajstić information content (AvgIpc) is 2.71. The van der Waals surface area contributed by atoms with Crippen molar-refractivity contribution in [3.8, 4) is 22.3 Å². The summed E-state index contributed by atoms with van der Waals surface area (Å²) in [4.78, 5) is 12.7. The number of rotatable bonds is 6. The molecule has 3 rings (SSSR count). The van der Waals surface area contributed by atoms with Crippen LogP contribution in [0.3, 0.4) is 0 Å². The molecule has 30 heavy (non-hydrogen) atoms. The van der Waals surface area contributed by atoms with Crippen LogP contribution in [0.1, 0.15) is 23.7 Å². The number of benzene rings is 3. The van der Waals surface area contributed by atoms with Gasteiger partial charge in [-0.1, -0.05) is 36.7 Å². The monoisotopic (exact) mass is 443 g/mol. The van der Waals surface area contributed by atoms with Gasteiger partial charge in [-0.05, 0) is 65.6 Å². The van der Waals surface area contributed by atoms with E-state index in [-0.39, 0.29) is 10.8 Å². The topological polar surface area (TPSA) is 115 Å². The Bertz CT molecular complexity index is 1190. The fraction of sp³-hybridized carbons (Fsp3) is 0.136. The van der Waals surface area contributed by atoms with Crippen molar-refractivity contribution in [3.63, 3.8) is 0 Å². The Morgan fingerprint density at radius 1 is 0.967 bits per heavy atom. The molecule has 0 spiro atoms. The van der Waals surface area contributed by atoms with Gasteiger partial charge >= 0.3 is 0 Å². The maximum Gasteiger partial charge on any atom is 0.251 e. The van der Waals surface area contributed by atoms with Crippen molar-refractivity contribution >= 4 is 33.2 Å². The van der Waals surface area contributed by atoms with Gasteiger partial charge in [0.05, 0.1) is 4.90 Å². The Hall–Kier alpha value is -2.87. The number of hydrogen-bond donors (Lipinski definition) is 3. The molecule has 1 amide bonds. The second kappa shape index (κ2) is 8.87. The van der Waals surface area contributed by atoms with Crippen LogP contribution in [-0.2, 0) is 10.0 Å². The first-order valence-corrected chi connectivity index (χ1v) is 11.2. The van der Waals surface area contributed by atoms with Crippen molar-refractivity contribution in [2.24, 2.45) is 5.14 Å². The Kier molecular flexibility index (Phi) is 6.45. The van der Waals surface area contributed by atoms with Crippen LogP contribution in [0.4, 0.5) is 5.69 Å². The zero-order valence-electron chi connectivity index (χ0n) is 16.4. The summed E-state index contributed by atoms with van der Waals surface area (Å²) in [6.07, 6.45) is 0.817. The standard InChI is InChI=1S/C22H22ClN3O3S/c1-2-9-26-22(27)17-11-15(14-3-6-19(7-4-14)30(25,28)29)10-16(12-17)20-8-5-18(23)13-21(20)24/h3-8,10-13H,2,9,24H2,1H3,(H,26,27)(H2,25,28,29). The van der Waals surface area contributed by atoms with E-state index in [9.17, 15) is 13.2 Å². The molecule has 0 saturated carbocycles. The van der Waals surface area contributed by atoms with Gasteiger partial charge in [0, 0.05) is 28.4 Å². The first-order valence-electron chi connectivity index (χ1n) is 9.31. The molecule has 6 nitrogen and oxygen atoms in total. The number of hydrogen-bond acceptors (Lipinski definition) is 4. The molecule has 0 unspecified atom stereocenters. The van der Waals surface area contributed by atoms with Gasteiger partial charge < -0.3 is 11.1 Å². The van der Waals surface area contributed by atoms with Gasteiger partial charge in [-0.3, -0.25) is 4.79 Å². The lowest BCUT2D eigenvalue weighted by molar-refractivity contribution is 0.0953. The molecule has 0 saturated heterocycles. The van der Waals surface area contributed by atoms with Crippen molar-refractivity contribution < 1.29 is 13.2 Å². The lowest BCUT2D eigenvalue weighted by Crippen LogP contribution is -2.24. The van der Waals surface area contributed by atoms with Crippen molar-refractivity contribution in [1.29, 1.82) is 0 Å². The fourth-order valence-electron chi connectivity index (χ4n) is 3.05. The lowest BCUT2D eigenvalue weighted by Gasteiger charge is -2.13. The molecule has 0 aliphatic rings. The van der Waals surface area contributed by atoms with Crippen molar-refractivity contribution in [3.05, 3.63) is 71.2 Å². The van der Waals surface area contributed by atoms with Crippen LogP contribution in [-0.4, -0.2) is 20.9 Å². The molecule has 0 aliphatic heterocycles. The van der Waals surface area contributed by atoms with E-state index in [0.717, 1.165) is 28.7 Å². The molecule has 0 fully saturated rings. The van der Waals surface area contributed by atoms with Crippen molar-refractivity contribution in [2.45, 2.75) is 18.2 Å². The minimum atomic E-state index is -3.79. The Morgan fingerprint density at radius 2 is 1.63 bits per heavy atom. The molecular weight excluding hydrogens is 422 g/mol. The van der Waals surface area contributed by atoms with E-state index >= 15 is 0 Å². The summed E-state index contributed by atoms with van der Waals surface area (Å²) in [7, 11) is -3.79. The number of halogens is 1. The maximum atomic E-state index is 12.6. The summed E-state index contributed by atoms with van der Waals surface area (Å²) in [5.41, 5.74) is 10.1. The number of sulfonamides is 1. The molecule has 0 heterocycles. The van der Waals surface area contributed by atoms with Crippen LogP contribution in [0.2, 0.25) is 5.02 Å².